The molecule has 3 aromatic rings. The van der Waals surface area contributed by atoms with Gasteiger partial charge in [-0.1, -0.05) is 36.0 Å². The average Bonchev–Trinajstić information content (AvgIpc) is 3.24. The van der Waals surface area contributed by atoms with Gasteiger partial charge in [-0.3, -0.25) is 0 Å². The zero-order valence-corrected chi connectivity index (χ0v) is 20.1. The number of thioether (sulfide) groups is 1. The number of hydrogen-bond acceptors (Lipinski definition) is 10. The number of rotatable bonds is 10. The molecule has 1 aromatic carbocycles. The van der Waals surface area contributed by atoms with Gasteiger partial charge in [-0.15, -0.1) is 5.10 Å². The van der Waals surface area contributed by atoms with Gasteiger partial charge in [0.1, 0.15) is 18.0 Å². The molecule has 2 heterocycles. The Labute approximate surface area is 226 Å². The Morgan fingerprint density at radius 2 is 2.17 bits per heavy atom. The van der Waals surface area contributed by atoms with Crippen LogP contribution in [0.2, 0.25) is 0 Å². The third-order valence-corrected chi connectivity index (χ3v) is 6.55. The third kappa shape index (κ3) is 4.92. The molecular weight excluding hydrogens is 487 g/mol. The lowest BCUT2D eigenvalue weighted by atomic mass is 10.1. The Kier molecular flexibility index (Phi) is 4.62. The van der Waals surface area contributed by atoms with Gasteiger partial charge in [-0.05, 0) is 36.9 Å². The van der Waals surface area contributed by atoms with E-state index in [1.165, 1.54) is 12.1 Å². The molecule has 0 aliphatic heterocycles. The highest BCUT2D eigenvalue weighted by Crippen LogP contribution is 2.44. The van der Waals surface area contributed by atoms with Gasteiger partial charge in [-0.2, -0.15) is 0 Å². The maximum Gasteiger partial charge on any atom is 0.191 e. The molecule has 12 heteroatoms. The van der Waals surface area contributed by atoms with Gasteiger partial charge in [0.25, 0.3) is 0 Å². The van der Waals surface area contributed by atoms with Crippen LogP contribution in [0.1, 0.15) is 62.9 Å². The van der Waals surface area contributed by atoms with E-state index in [0.29, 0.717) is 23.3 Å². The van der Waals surface area contributed by atoms with E-state index in [4.69, 9.17) is 18.4 Å². The molecule has 0 amide bonds. The highest BCUT2D eigenvalue weighted by Gasteiger charge is 2.45. The first kappa shape index (κ1) is 15.8. The molecule has 4 N–H and O–H groups in total. The molecule has 194 valence electrons. The number of anilines is 1. The molecule has 2 aliphatic rings. The van der Waals surface area contributed by atoms with Crippen LogP contribution in [0.25, 0.3) is 11.2 Å². The number of ether oxygens (including phenoxy) is 1. The highest BCUT2D eigenvalue weighted by molar-refractivity contribution is 7.99. The Hall–Kier alpha value is -2.38. The van der Waals surface area contributed by atoms with Crippen LogP contribution < -0.4 is 5.32 Å². The summed E-state index contributed by atoms with van der Waals surface area (Å²) in [6, 6.07) is -0.330. The van der Waals surface area contributed by atoms with Crippen molar-refractivity contribution in [2.45, 2.75) is 74.4 Å². The van der Waals surface area contributed by atoms with Gasteiger partial charge in [0, 0.05) is 29.6 Å². The number of benzene rings is 1. The van der Waals surface area contributed by atoms with Crippen molar-refractivity contribution in [1.29, 1.82) is 0 Å². The molecule has 2 saturated carbocycles. The zero-order valence-electron chi connectivity index (χ0n) is 29.3. The number of aryl methyl sites for hydroxylation is 1. The van der Waals surface area contributed by atoms with E-state index in [-0.39, 0.29) is 21.2 Å². The molecule has 36 heavy (non-hydrogen) atoms. The van der Waals surface area contributed by atoms with Crippen LogP contribution in [0.3, 0.4) is 0 Å². The molecule has 0 spiro atoms. The molecular formula is C24H31FN6O4S. The van der Waals surface area contributed by atoms with E-state index in [9.17, 15) is 19.7 Å². The molecule has 0 bridgehead atoms. The fourth-order valence-corrected chi connectivity index (χ4v) is 4.28. The summed E-state index contributed by atoms with van der Waals surface area (Å²) < 4.78 is 104. The number of aromatic nitrogens is 5. The van der Waals surface area contributed by atoms with E-state index < -0.39 is 73.6 Å². The molecule has 0 saturated heterocycles. The minimum Gasteiger partial charge on any atom is -0.394 e. The minimum atomic E-state index is -4.08. The number of aliphatic hydroxyl groups excluding tert-OH is 1. The van der Waals surface area contributed by atoms with Gasteiger partial charge >= 0.3 is 0 Å². The molecule has 2 aromatic heterocycles. The first-order valence-electron chi connectivity index (χ1n) is 16.1. The number of nitrogens with zero attached hydrogens (tertiary/aromatic N) is 5. The summed E-state index contributed by atoms with van der Waals surface area (Å²) in [4.78, 5) is 8.66. The van der Waals surface area contributed by atoms with Crippen LogP contribution in [0.5, 0.6) is 0 Å². The summed E-state index contributed by atoms with van der Waals surface area (Å²) in [6.45, 7) is -1.31. The van der Waals surface area contributed by atoms with Crippen LogP contribution in [-0.4, -0.2) is 83.5 Å². The maximum absolute atomic E-state index is 14.3. The molecule has 2 fully saturated rings. The number of fused-ring (bicyclic) bond motifs is 1. The van der Waals surface area contributed by atoms with Crippen LogP contribution in [0.4, 0.5) is 10.2 Å². The van der Waals surface area contributed by atoms with Crippen molar-refractivity contribution in [3.63, 3.8) is 0 Å². The average molecular weight is 529 g/mol. The van der Waals surface area contributed by atoms with Crippen molar-refractivity contribution in [2.24, 2.45) is 0 Å². The van der Waals surface area contributed by atoms with Gasteiger partial charge in [0.05, 0.1) is 33.5 Å². The maximum atomic E-state index is 14.3. The minimum absolute atomic E-state index is 0.0126. The monoisotopic (exact) mass is 528 g/mol. The van der Waals surface area contributed by atoms with Crippen molar-refractivity contribution in [3.8, 4) is 0 Å². The van der Waals surface area contributed by atoms with Gasteiger partial charge < -0.3 is 25.4 Å². The molecule has 0 radical (unpaired) electrons. The Morgan fingerprint density at radius 3 is 2.92 bits per heavy atom. The fourth-order valence-electron chi connectivity index (χ4n) is 3.58. The predicted octanol–water partition coefficient (Wildman–Crippen LogP) is 2.18. The Bertz CT molecular complexity index is 1690. The topological polar surface area (TPSA) is 138 Å². The highest BCUT2D eigenvalue weighted by atomic mass is 32.2. The smallest absolute Gasteiger partial charge is 0.191 e. The first-order chi connectivity index (χ1) is 21.1. The van der Waals surface area contributed by atoms with Crippen LogP contribution in [0.15, 0.2) is 23.4 Å². The molecule has 10 nitrogen and oxygen atoms in total. The second-order valence-corrected chi connectivity index (χ2v) is 9.12. The summed E-state index contributed by atoms with van der Waals surface area (Å²) in [5.74, 6) is -1.04. The lowest BCUT2D eigenvalue weighted by Gasteiger charge is -2.17. The van der Waals surface area contributed by atoms with E-state index in [0.717, 1.165) is 11.8 Å². The molecule has 0 unspecified atom stereocenters. The Balaban J connectivity index is 1.66. The van der Waals surface area contributed by atoms with Gasteiger partial charge in [0.2, 0.25) is 0 Å². The number of hydrogen-bond donors (Lipinski definition) is 4. The Morgan fingerprint density at radius 1 is 1.33 bits per heavy atom. The summed E-state index contributed by atoms with van der Waals surface area (Å²) in [5, 5.41) is 42.0. The summed E-state index contributed by atoms with van der Waals surface area (Å²) in [7, 11) is 0. The molecule has 6 atom stereocenters. The zero-order chi connectivity index (χ0) is 34.5. The van der Waals surface area contributed by atoms with E-state index >= 15 is 0 Å². The van der Waals surface area contributed by atoms with E-state index in [2.05, 4.69) is 25.6 Å². The summed E-state index contributed by atoms with van der Waals surface area (Å²) in [6.07, 6.45) is -17.1. The SMILES string of the molecule is [2H]C([2H])(CO)O[C@@]1([2H])C([2H])([2H])[C@@]([2H])(n2nnc3c(N[C@H]4[C@H](c5ccc(C)c(F)c5)C4([2H])[2H])nc(SCCC)nc32)[C@]([2H])(O)[C@]1([2H])O. The summed E-state index contributed by atoms with van der Waals surface area (Å²) in [5.41, 5.74) is -0.0861. The van der Waals surface area contributed by atoms with Crippen molar-refractivity contribution in [3.05, 3.63) is 35.1 Å². The second kappa shape index (κ2) is 10.5. The van der Waals surface area contributed by atoms with Crippen molar-refractivity contribution in [2.75, 3.05) is 24.2 Å². The third-order valence-electron chi connectivity index (χ3n) is 5.49. The summed E-state index contributed by atoms with van der Waals surface area (Å²) >= 11 is 1.10. The molecule has 5 rings (SSSR count). The lowest BCUT2D eigenvalue weighted by molar-refractivity contribution is -0.0629. The fraction of sp³-hybridized carbons (Fsp3) is 0.583. The second-order valence-electron chi connectivity index (χ2n) is 8.06. The standard InChI is InChI=1S/C24H31FN6O4S/c1-3-8-36-24-27-22(26-16-10-14(16)13-5-4-12(2)15(25)9-13)19-23(28-24)31(30-29-19)17-11-18(35-7-6-32)21(34)20(17)33/h4-5,9,14,16-18,20-21,32-34H,3,6-8,10-11H2,1-2H3,(H,26,27,28)/t14-,16+,17+,18-,20-,21+/m0/s1/i7D2,10D2,11D2,17D,18D,20D,21D. The normalized spacial score (nSPS) is 43.1. The quantitative estimate of drug-likeness (QED) is 0.229. The number of aliphatic hydroxyl groups is 3. The van der Waals surface area contributed by atoms with Crippen molar-refractivity contribution in [1.82, 2.24) is 25.0 Å². The lowest BCUT2D eigenvalue weighted by Crippen LogP contribution is -2.33. The van der Waals surface area contributed by atoms with E-state index in [1.54, 1.807) is 13.0 Å². The largest absolute Gasteiger partial charge is 0.394 e. The van der Waals surface area contributed by atoms with Crippen LogP contribution in [0, 0.1) is 12.7 Å². The van der Waals surface area contributed by atoms with Crippen LogP contribution in [-0.2, 0) is 4.74 Å². The van der Waals surface area contributed by atoms with Gasteiger partial charge in [0.15, 0.2) is 22.1 Å². The molecule has 2 aliphatic carbocycles. The van der Waals surface area contributed by atoms with Crippen LogP contribution >= 0.6 is 11.8 Å². The van der Waals surface area contributed by atoms with Crippen molar-refractivity contribution >= 4 is 28.7 Å². The van der Waals surface area contributed by atoms with Crippen molar-refractivity contribution < 1.29 is 38.2 Å². The number of halogens is 1. The first-order valence-corrected chi connectivity index (χ1v) is 12.1. The van der Waals surface area contributed by atoms with Gasteiger partial charge in [-0.25, -0.2) is 19.0 Å². The van der Waals surface area contributed by atoms with E-state index in [1.807, 2.05) is 6.92 Å². The number of nitrogens with one attached hydrogen (secondary N) is 1. The predicted molar refractivity (Wildman–Crippen MR) is 133 cm³/mol.